The SMILES string of the molecule is COc1ccc(NC(N)=NCC2CCN(c3ccc(Br)cc3)C2)cc1. The van der Waals surface area contributed by atoms with Gasteiger partial charge in [-0.15, -0.1) is 0 Å². The number of ether oxygens (including phenoxy) is 1. The second-order valence-corrected chi connectivity index (χ2v) is 7.07. The van der Waals surface area contributed by atoms with E-state index in [1.807, 2.05) is 24.3 Å². The molecule has 0 amide bonds. The molecule has 0 radical (unpaired) electrons. The smallest absolute Gasteiger partial charge is 0.193 e. The molecule has 2 aromatic rings. The van der Waals surface area contributed by atoms with E-state index in [1.165, 1.54) is 5.69 Å². The minimum absolute atomic E-state index is 0.451. The molecule has 0 saturated carbocycles. The van der Waals surface area contributed by atoms with E-state index in [0.717, 1.165) is 42.0 Å². The molecule has 0 aliphatic carbocycles. The fourth-order valence-electron chi connectivity index (χ4n) is 2.96. The van der Waals surface area contributed by atoms with Gasteiger partial charge in [0.05, 0.1) is 7.11 Å². The van der Waals surface area contributed by atoms with Crippen molar-refractivity contribution >= 4 is 33.3 Å². The maximum absolute atomic E-state index is 6.01. The number of halogens is 1. The third-order valence-corrected chi connectivity index (χ3v) is 4.89. The Hall–Kier alpha value is -2.21. The Morgan fingerprint density at radius 1 is 1.24 bits per heavy atom. The predicted molar refractivity (Wildman–Crippen MR) is 108 cm³/mol. The van der Waals surface area contributed by atoms with Crippen molar-refractivity contribution in [1.29, 1.82) is 0 Å². The van der Waals surface area contributed by atoms with Crippen molar-refractivity contribution < 1.29 is 4.74 Å². The zero-order valence-corrected chi connectivity index (χ0v) is 15.9. The molecule has 1 heterocycles. The number of aliphatic imine (C=N–C) groups is 1. The zero-order chi connectivity index (χ0) is 17.6. The Labute approximate surface area is 157 Å². The van der Waals surface area contributed by atoms with Crippen molar-refractivity contribution in [3.63, 3.8) is 0 Å². The van der Waals surface area contributed by atoms with E-state index in [4.69, 9.17) is 10.5 Å². The van der Waals surface area contributed by atoms with E-state index < -0.39 is 0 Å². The minimum atomic E-state index is 0.451. The van der Waals surface area contributed by atoms with E-state index in [-0.39, 0.29) is 0 Å². The Bertz CT molecular complexity index is 715. The highest BCUT2D eigenvalue weighted by molar-refractivity contribution is 9.10. The first-order valence-corrected chi connectivity index (χ1v) is 9.15. The van der Waals surface area contributed by atoms with Gasteiger partial charge >= 0.3 is 0 Å². The van der Waals surface area contributed by atoms with Crippen LogP contribution in [0.5, 0.6) is 5.75 Å². The van der Waals surface area contributed by atoms with Gasteiger partial charge < -0.3 is 20.7 Å². The van der Waals surface area contributed by atoms with Gasteiger partial charge in [-0.3, -0.25) is 4.99 Å². The summed E-state index contributed by atoms with van der Waals surface area (Å²) >= 11 is 3.48. The van der Waals surface area contributed by atoms with Gasteiger partial charge in [0, 0.05) is 35.5 Å². The fourth-order valence-corrected chi connectivity index (χ4v) is 3.22. The lowest BCUT2D eigenvalue weighted by Gasteiger charge is -2.18. The van der Waals surface area contributed by atoms with Crippen LogP contribution in [0.1, 0.15) is 6.42 Å². The molecule has 1 atom stereocenters. The first kappa shape index (κ1) is 17.6. The Balaban J connectivity index is 1.50. The molecule has 1 aliphatic heterocycles. The molecule has 6 heteroatoms. The number of rotatable bonds is 5. The number of nitrogens with two attached hydrogens (primary N) is 1. The molecule has 132 valence electrons. The van der Waals surface area contributed by atoms with Crippen molar-refractivity contribution in [2.24, 2.45) is 16.6 Å². The van der Waals surface area contributed by atoms with Crippen LogP contribution in [0.15, 0.2) is 58.0 Å². The van der Waals surface area contributed by atoms with Crippen molar-refractivity contribution in [2.45, 2.75) is 6.42 Å². The normalized spacial score (nSPS) is 17.6. The number of benzene rings is 2. The lowest BCUT2D eigenvalue weighted by molar-refractivity contribution is 0.415. The largest absolute Gasteiger partial charge is 0.497 e. The molecule has 0 aromatic heterocycles. The highest BCUT2D eigenvalue weighted by Gasteiger charge is 2.22. The summed E-state index contributed by atoms with van der Waals surface area (Å²) in [5.74, 6) is 1.80. The minimum Gasteiger partial charge on any atom is -0.497 e. The Morgan fingerprint density at radius 2 is 1.96 bits per heavy atom. The van der Waals surface area contributed by atoms with Crippen LogP contribution < -0.4 is 20.7 Å². The molecule has 0 bridgehead atoms. The number of anilines is 2. The summed E-state index contributed by atoms with van der Waals surface area (Å²) in [6.45, 7) is 2.82. The zero-order valence-electron chi connectivity index (χ0n) is 14.3. The lowest BCUT2D eigenvalue weighted by Crippen LogP contribution is -2.25. The molecule has 25 heavy (non-hydrogen) atoms. The highest BCUT2D eigenvalue weighted by Crippen LogP contribution is 2.25. The van der Waals surface area contributed by atoms with E-state index in [0.29, 0.717) is 11.9 Å². The summed E-state index contributed by atoms with van der Waals surface area (Å²) in [5.41, 5.74) is 8.18. The summed E-state index contributed by atoms with van der Waals surface area (Å²) in [5, 5.41) is 3.12. The average molecular weight is 403 g/mol. The van der Waals surface area contributed by atoms with Crippen LogP contribution in [-0.4, -0.2) is 32.7 Å². The summed E-state index contributed by atoms with van der Waals surface area (Å²) in [7, 11) is 1.65. The molecule has 3 rings (SSSR count). The fraction of sp³-hybridized carbons (Fsp3) is 0.316. The molecule has 1 saturated heterocycles. The monoisotopic (exact) mass is 402 g/mol. The van der Waals surface area contributed by atoms with E-state index >= 15 is 0 Å². The molecular formula is C19H23BrN4O. The third kappa shape index (κ3) is 4.89. The molecule has 2 aromatic carbocycles. The number of nitrogens with one attached hydrogen (secondary N) is 1. The standard InChI is InChI=1S/C19H23BrN4O/c1-25-18-8-4-16(5-9-18)23-19(21)22-12-14-10-11-24(13-14)17-6-2-15(20)3-7-17/h2-9,14H,10-13H2,1H3,(H3,21,22,23). The van der Waals surface area contributed by atoms with Crippen LogP contribution in [0.2, 0.25) is 0 Å². The van der Waals surface area contributed by atoms with Gasteiger partial charge in [-0.1, -0.05) is 15.9 Å². The highest BCUT2D eigenvalue weighted by atomic mass is 79.9. The van der Waals surface area contributed by atoms with Gasteiger partial charge in [0.25, 0.3) is 0 Å². The summed E-state index contributed by atoms with van der Waals surface area (Å²) in [6.07, 6.45) is 1.13. The van der Waals surface area contributed by atoms with Crippen LogP contribution in [0, 0.1) is 5.92 Å². The summed E-state index contributed by atoms with van der Waals surface area (Å²) in [4.78, 5) is 6.91. The number of methoxy groups -OCH3 is 1. The van der Waals surface area contributed by atoms with Gasteiger partial charge in [0.2, 0.25) is 0 Å². The number of nitrogens with zero attached hydrogens (tertiary/aromatic N) is 2. The Morgan fingerprint density at radius 3 is 2.64 bits per heavy atom. The number of hydrogen-bond donors (Lipinski definition) is 2. The topological polar surface area (TPSA) is 62.9 Å². The Kier molecular flexibility index (Phi) is 5.81. The average Bonchev–Trinajstić information content (AvgIpc) is 3.10. The predicted octanol–water partition coefficient (Wildman–Crippen LogP) is 3.71. The molecule has 1 unspecified atom stereocenters. The maximum Gasteiger partial charge on any atom is 0.193 e. The van der Waals surface area contributed by atoms with Gasteiger partial charge in [-0.05, 0) is 60.9 Å². The van der Waals surface area contributed by atoms with Gasteiger partial charge in [-0.2, -0.15) is 0 Å². The second kappa shape index (κ2) is 8.25. The van der Waals surface area contributed by atoms with Gasteiger partial charge in [0.1, 0.15) is 5.75 Å². The van der Waals surface area contributed by atoms with Crippen molar-refractivity contribution in [3.8, 4) is 5.75 Å². The van der Waals surface area contributed by atoms with Crippen molar-refractivity contribution in [1.82, 2.24) is 0 Å². The summed E-state index contributed by atoms with van der Waals surface area (Å²) < 4.78 is 6.25. The van der Waals surface area contributed by atoms with Crippen LogP contribution in [0.3, 0.4) is 0 Å². The van der Waals surface area contributed by atoms with Gasteiger partial charge in [-0.25, -0.2) is 0 Å². The van der Waals surface area contributed by atoms with Crippen LogP contribution in [0.4, 0.5) is 11.4 Å². The molecular weight excluding hydrogens is 380 g/mol. The summed E-state index contributed by atoms with van der Waals surface area (Å²) in [6, 6.07) is 16.1. The van der Waals surface area contributed by atoms with Gasteiger partial charge in [0.15, 0.2) is 5.96 Å². The second-order valence-electron chi connectivity index (χ2n) is 6.16. The van der Waals surface area contributed by atoms with Crippen LogP contribution in [0.25, 0.3) is 0 Å². The van der Waals surface area contributed by atoms with Crippen LogP contribution in [-0.2, 0) is 0 Å². The van der Waals surface area contributed by atoms with E-state index in [9.17, 15) is 0 Å². The quantitative estimate of drug-likeness (QED) is 0.590. The molecule has 0 spiro atoms. The lowest BCUT2D eigenvalue weighted by atomic mass is 10.1. The molecule has 3 N–H and O–H groups in total. The van der Waals surface area contributed by atoms with Crippen molar-refractivity contribution in [3.05, 3.63) is 53.0 Å². The molecule has 1 aliphatic rings. The van der Waals surface area contributed by atoms with Crippen LogP contribution >= 0.6 is 15.9 Å². The third-order valence-electron chi connectivity index (χ3n) is 4.36. The molecule has 5 nitrogen and oxygen atoms in total. The molecule has 1 fully saturated rings. The van der Waals surface area contributed by atoms with E-state index in [2.05, 4.69) is 55.4 Å². The first-order valence-electron chi connectivity index (χ1n) is 8.35. The van der Waals surface area contributed by atoms with E-state index in [1.54, 1.807) is 7.11 Å². The maximum atomic E-state index is 6.01. The first-order chi connectivity index (χ1) is 12.1. The number of guanidine groups is 1. The number of hydrogen-bond acceptors (Lipinski definition) is 3. The van der Waals surface area contributed by atoms with Crippen molar-refractivity contribution in [2.75, 3.05) is 37.0 Å².